The number of hydrogen-bond acceptors (Lipinski definition) is 6. The Hall–Kier alpha value is -3.22. The van der Waals surface area contributed by atoms with E-state index in [1.165, 1.54) is 30.5 Å². The van der Waals surface area contributed by atoms with Gasteiger partial charge in [0.2, 0.25) is 0 Å². The zero-order valence-electron chi connectivity index (χ0n) is 12.4. The zero-order valence-corrected chi connectivity index (χ0v) is 12.4. The van der Waals surface area contributed by atoms with Crippen molar-refractivity contribution < 1.29 is 24.9 Å². The summed E-state index contributed by atoms with van der Waals surface area (Å²) in [7, 11) is 0. The number of carboxylic acid groups (broad SMARTS) is 1. The van der Waals surface area contributed by atoms with Crippen LogP contribution in [0.25, 0.3) is 0 Å². The van der Waals surface area contributed by atoms with E-state index in [1.54, 1.807) is 12.1 Å². The fourth-order valence-electron chi connectivity index (χ4n) is 1.84. The normalized spacial score (nSPS) is 10.7. The molecule has 0 unspecified atom stereocenters. The summed E-state index contributed by atoms with van der Waals surface area (Å²) in [6, 6.07) is 8.83. The van der Waals surface area contributed by atoms with E-state index >= 15 is 0 Å². The van der Waals surface area contributed by atoms with Crippen molar-refractivity contribution >= 4 is 17.9 Å². The first kappa shape index (κ1) is 16.2. The van der Waals surface area contributed by atoms with E-state index in [-0.39, 0.29) is 17.1 Å². The fourth-order valence-corrected chi connectivity index (χ4v) is 1.84. The van der Waals surface area contributed by atoms with Gasteiger partial charge in [0, 0.05) is 0 Å². The van der Waals surface area contributed by atoms with Crippen LogP contribution in [-0.4, -0.2) is 34.1 Å². The quantitative estimate of drug-likeness (QED) is 0.370. The molecule has 0 aliphatic carbocycles. The largest absolute Gasteiger partial charge is 0.507 e. The van der Waals surface area contributed by atoms with Crippen LogP contribution in [0.4, 0.5) is 5.69 Å². The van der Waals surface area contributed by atoms with Crippen molar-refractivity contribution in [2.75, 3.05) is 12.0 Å². The van der Waals surface area contributed by atoms with Gasteiger partial charge in [-0.3, -0.25) is 5.43 Å². The van der Waals surface area contributed by atoms with Crippen molar-refractivity contribution in [3.63, 3.8) is 0 Å². The van der Waals surface area contributed by atoms with Crippen LogP contribution in [0.2, 0.25) is 0 Å². The summed E-state index contributed by atoms with van der Waals surface area (Å²) in [5, 5.41) is 32.0. The molecule has 0 spiro atoms. The molecule has 2 aromatic carbocycles. The first-order valence-electron chi connectivity index (χ1n) is 6.82. The Morgan fingerprint density at radius 3 is 2.65 bits per heavy atom. The molecule has 7 heteroatoms. The Labute approximate surface area is 132 Å². The van der Waals surface area contributed by atoms with Crippen molar-refractivity contribution in [1.82, 2.24) is 0 Å². The van der Waals surface area contributed by atoms with Gasteiger partial charge in [0.1, 0.15) is 11.3 Å². The maximum Gasteiger partial charge on any atom is 0.339 e. The van der Waals surface area contributed by atoms with Gasteiger partial charge in [0.25, 0.3) is 0 Å². The molecule has 0 atom stereocenters. The molecule has 0 heterocycles. The van der Waals surface area contributed by atoms with Crippen LogP contribution in [0.5, 0.6) is 17.2 Å². The molecule has 2 aromatic rings. The third kappa shape index (κ3) is 4.13. The second-order valence-electron chi connectivity index (χ2n) is 4.57. The van der Waals surface area contributed by atoms with Crippen LogP contribution in [0.15, 0.2) is 41.5 Å². The highest BCUT2D eigenvalue weighted by Gasteiger charge is 2.09. The lowest BCUT2D eigenvalue weighted by Gasteiger charge is -2.06. The van der Waals surface area contributed by atoms with Crippen LogP contribution in [0.1, 0.15) is 22.8 Å². The number of hydrogen-bond donors (Lipinski definition) is 4. The van der Waals surface area contributed by atoms with Crippen LogP contribution in [0.3, 0.4) is 0 Å². The second kappa shape index (κ2) is 7.17. The molecule has 7 nitrogen and oxygen atoms in total. The molecule has 0 amide bonds. The number of aromatic hydroxyl groups is 2. The summed E-state index contributed by atoms with van der Waals surface area (Å²) in [6.07, 6.45) is 1.50. The molecule has 0 aliphatic rings. The van der Waals surface area contributed by atoms with Crippen molar-refractivity contribution in [3.8, 4) is 17.2 Å². The van der Waals surface area contributed by atoms with E-state index < -0.39 is 5.97 Å². The van der Waals surface area contributed by atoms with E-state index in [2.05, 4.69) is 10.5 Å². The highest BCUT2D eigenvalue weighted by atomic mass is 16.5. The van der Waals surface area contributed by atoms with E-state index in [0.29, 0.717) is 23.6 Å². The molecule has 0 radical (unpaired) electrons. The Bertz CT molecular complexity index is 743. The molecule has 0 aliphatic heterocycles. The average Bonchev–Trinajstić information content (AvgIpc) is 2.52. The van der Waals surface area contributed by atoms with Gasteiger partial charge in [-0.05, 0) is 48.9 Å². The number of anilines is 1. The van der Waals surface area contributed by atoms with Crippen LogP contribution in [-0.2, 0) is 0 Å². The molecular weight excluding hydrogens is 300 g/mol. The number of carbonyl (C=O) groups is 1. The summed E-state index contributed by atoms with van der Waals surface area (Å²) in [5.74, 6) is -1.14. The SMILES string of the molecule is CCOc1cc(C=NNc2ccc(O)c(C(=O)O)c2)ccc1O. The highest BCUT2D eigenvalue weighted by Crippen LogP contribution is 2.26. The minimum Gasteiger partial charge on any atom is -0.507 e. The molecule has 0 fully saturated rings. The lowest BCUT2D eigenvalue weighted by atomic mass is 10.2. The Balaban J connectivity index is 2.11. The standard InChI is InChI=1S/C16H16N2O5/c1-2-23-15-7-10(3-5-14(15)20)9-17-18-11-4-6-13(19)12(8-11)16(21)22/h3-9,18-20H,2H2,1H3,(H,21,22). The van der Waals surface area contributed by atoms with Gasteiger partial charge in [-0.25, -0.2) is 4.79 Å². The summed E-state index contributed by atoms with van der Waals surface area (Å²) < 4.78 is 5.27. The summed E-state index contributed by atoms with van der Waals surface area (Å²) >= 11 is 0. The lowest BCUT2D eigenvalue weighted by Crippen LogP contribution is -1.99. The molecule has 0 saturated heterocycles. The number of nitrogens with one attached hydrogen (secondary N) is 1. The molecule has 0 bridgehead atoms. The summed E-state index contributed by atoms with van der Waals surface area (Å²) in [4.78, 5) is 10.9. The number of rotatable bonds is 6. The first-order valence-corrected chi connectivity index (χ1v) is 6.82. The number of phenols is 2. The topological polar surface area (TPSA) is 111 Å². The van der Waals surface area contributed by atoms with Crippen molar-refractivity contribution in [2.45, 2.75) is 6.92 Å². The molecule has 2 rings (SSSR count). The molecule has 0 aromatic heterocycles. The van der Waals surface area contributed by atoms with Crippen LogP contribution in [0, 0.1) is 0 Å². The number of phenolic OH excluding ortho intramolecular Hbond substituents is 1. The predicted octanol–water partition coefficient (Wildman–Crippen LogP) is 2.64. The molecular formula is C16H16N2O5. The van der Waals surface area contributed by atoms with Gasteiger partial charge in [-0.15, -0.1) is 0 Å². The smallest absolute Gasteiger partial charge is 0.339 e. The van der Waals surface area contributed by atoms with Crippen molar-refractivity contribution in [3.05, 3.63) is 47.5 Å². The third-order valence-electron chi connectivity index (χ3n) is 2.92. The maximum absolute atomic E-state index is 10.9. The van der Waals surface area contributed by atoms with Gasteiger partial charge >= 0.3 is 5.97 Å². The maximum atomic E-state index is 10.9. The molecule has 23 heavy (non-hydrogen) atoms. The number of aromatic carboxylic acids is 1. The van der Waals surface area contributed by atoms with Crippen LogP contribution < -0.4 is 10.2 Å². The van der Waals surface area contributed by atoms with Gasteiger partial charge < -0.3 is 20.1 Å². The summed E-state index contributed by atoms with van der Waals surface area (Å²) in [5.41, 5.74) is 3.57. The van der Waals surface area contributed by atoms with E-state index in [4.69, 9.17) is 9.84 Å². The summed E-state index contributed by atoms with van der Waals surface area (Å²) in [6.45, 7) is 2.24. The van der Waals surface area contributed by atoms with E-state index in [0.717, 1.165) is 0 Å². The minimum atomic E-state index is -1.23. The number of hydrazone groups is 1. The van der Waals surface area contributed by atoms with Gasteiger partial charge in [0.15, 0.2) is 11.5 Å². The van der Waals surface area contributed by atoms with Crippen LogP contribution >= 0.6 is 0 Å². The first-order chi connectivity index (χ1) is 11.0. The number of ether oxygens (including phenoxy) is 1. The predicted molar refractivity (Wildman–Crippen MR) is 85.6 cm³/mol. The Morgan fingerprint density at radius 2 is 1.96 bits per heavy atom. The second-order valence-corrected chi connectivity index (χ2v) is 4.57. The Morgan fingerprint density at radius 1 is 1.22 bits per heavy atom. The zero-order chi connectivity index (χ0) is 16.8. The fraction of sp³-hybridized carbons (Fsp3) is 0.125. The van der Waals surface area contributed by atoms with Gasteiger partial charge in [-0.2, -0.15) is 5.10 Å². The monoisotopic (exact) mass is 316 g/mol. The van der Waals surface area contributed by atoms with Crippen molar-refractivity contribution in [2.24, 2.45) is 5.10 Å². The van der Waals surface area contributed by atoms with E-state index in [9.17, 15) is 15.0 Å². The number of carboxylic acids is 1. The lowest BCUT2D eigenvalue weighted by molar-refractivity contribution is 0.0694. The Kier molecular flexibility index (Phi) is 5.03. The van der Waals surface area contributed by atoms with Gasteiger partial charge in [0.05, 0.1) is 18.5 Å². The average molecular weight is 316 g/mol. The number of nitrogens with zero attached hydrogens (tertiary/aromatic N) is 1. The molecule has 120 valence electrons. The number of benzene rings is 2. The highest BCUT2D eigenvalue weighted by molar-refractivity contribution is 5.92. The van der Waals surface area contributed by atoms with E-state index in [1.807, 2.05) is 6.92 Å². The molecule has 0 saturated carbocycles. The van der Waals surface area contributed by atoms with Gasteiger partial charge in [-0.1, -0.05) is 0 Å². The molecule has 4 N–H and O–H groups in total. The minimum absolute atomic E-state index is 0.0431. The third-order valence-corrected chi connectivity index (χ3v) is 2.92. The van der Waals surface area contributed by atoms with Crippen molar-refractivity contribution in [1.29, 1.82) is 0 Å².